The van der Waals surface area contributed by atoms with E-state index in [2.05, 4.69) is 0 Å². The van der Waals surface area contributed by atoms with E-state index in [-0.39, 0.29) is 5.75 Å². The molecule has 1 unspecified atom stereocenters. The predicted molar refractivity (Wildman–Crippen MR) is 108 cm³/mol. The van der Waals surface area contributed by atoms with Crippen LogP contribution in [0.5, 0.6) is 11.5 Å². The molecule has 1 atom stereocenters. The molecule has 0 amide bonds. The van der Waals surface area contributed by atoms with Crippen molar-refractivity contribution < 1.29 is 23.0 Å². The number of hydrogen-bond donors (Lipinski definition) is 0. The molecule has 3 aromatic rings. The van der Waals surface area contributed by atoms with E-state index in [1.807, 2.05) is 30.3 Å². The van der Waals surface area contributed by atoms with Gasteiger partial charge in [-0.3, -0.25) is 4.79 Å². The van der Waals surface area contributed by atoms with Gasteiger partial charge >= 0.3 is 0 Å². The van der Waals surface area contributed by atoms with Crippen LogP contribution in [0.4, 0.5) is 8.78 Å². The van der Waals surface area contributed by atoms with Gasteiger partial charge in [0.05, 0.1) is 6.61 Å². The van der Waals surface area contributed by atoms with E-state index in [1.54, 1.807) is 42.5 Å². The van der Waals surface area contributed by atoms with Crippen LogP contribution in [-0.2, 0) is 6.42 Å². The molecule has 29 heavy (non-hydrogen) atoms. The summed E-state index contributed by atoms with van der Waals surface area (Å²) in [4.78, 5) is 11.2. The summed E-state index contributed by atoms with van der Waals surface area (Å²) in [6.07, 6.45) is -0.216. The summed E-state index contributed by atoms with van der Waals surface area (Å²) in [6, 6.07) is 22.6. The highest BCUT2D eigenvalue weighted by Gasteiger charge is 2.38. The van der Waals surface area contributed by atoms with Crippen molar-refractivity contribution in [1.82, 2.24) is 0 Å². The molecule has 0 spiro atoms. The molecule has 0 saturated carbocycles. The predicted octanol–water partition coefficient (Wildman–Crippen LogP) is 5.90. The fourth-order valence-corrected chi connectivity index (χ4v) is 2.95. The highest BCUT2D eigenvalue weighted by atomic mass is 19.3. The third-order valence-corrected chi connectivity index (χ3v) is 4.40. The van der Waals surface area contributed by atoms with Gasteiger partial charge in [-0.25, -0.2) is 8.78 Å². The van der Waals surface area contributed by atoms with E-state index in [0.717, 1.165) is 12.5 Å². The molecular weight excluding hydrogens is 374 g/mol. The fraction of sp³-hybridized carbons (Fsp3) is 0.208. The Labute approximate surface area is 168 Å². The lowest BCUT2D eigenvalue weighted by Crippen LogP contribution is -2.27. The Balaban J connectivity index is 1.83. The molecule has 3 rings (SSSR count). The summed E-state index contributed by atoms with van der Waals surface area (Å²) in [7, 11) is 0. The number of alkyl halides is 2. The Morgan fingerprint density at radius 3 is 2.21 bits per heavy atom. The van der Waals surface area contributed by atoms with Crippen molar-refractivity contribution in [3.63, 3.8) is 0 Å². The lowest BCUT2D eigenvalue weighted by molar-refractivity contribution is -0.0833. The number of benzene rings is 3. The molecule has 0 aliphatic heterocycles. The van der Waals surface area contributed by atoms with Gasteiger partial charge in [0.1, 0.15) is 6.29 Å². The van der Waals surface area contributed by atoms with Crippen molar-refractivity contribution in [3.05, 3.63) is 95.6 Å². The van der Waals surface area contributed by atoms with Gasteiger partial charge in [0, 0.05) is 18.9 Å². The summed E-state index contributed by atoms with van der Waals surface area (Å²) in [6.45, 7) is 1.16. The highest BCUT2D eigenvalue weighted by molar-refractivity contribution is 5.76. The van der Waals surface area contributed by atoms with Gasteiger partial charge in [-0.15, -0.1) is 0 Å². The minimum absolute atomic E-state index is 0.109. The summed E-state index contributed by atoms with van der Waals surface area (Å²) < 4.78 is 40.1. The van der Waals surface area contributed by atoms with Gasteiger partial charge in [-0.05, 0) is 29.3 Å². The largest absolute Gasteiger partial charge is 0.489 e. The van der Waals surface area contributed by atoms with Gasteiger partial charge in [-0.1, -0.05) is 60.7 Å². The van der Waals surface area contributed by atoms with Gasteiger partial charge in [0.15, 0.2) is 17.6 Å². The molecule has 0 bridgehead atoms. The van der Waals surface area contributed by atoms with Crippen LogP contribution < -0.4 is 9.47 Å². The number of hydrogen-bond acceptors (Lipinski definition) is 3. The number of halogens is 2. The second-order valence-electron chi connectivity index (χ2n) is 6.77. The molecule has 0 fully saturated rings. The monoisotopic (exact) mass is 396 g/mol. The van der Waals surface area contributed by atoms with Gasteiger partial charge < -0.3 is 9.47 Å². The van der Waals surface area contributed by atoms with Crippen molar-refractivity contribution in [3.8, 4) is 11.5 Å². The lowest BCUT2D eigenvalue weighted by Gasteiger charge is -2.26. The first-order chi connectivity index (χ1) is 14.0. The van der Waals surface area contributed by atoms with Gasteiger partial charge in [0.25, 0.3) is 5.92 Å². The molecule has 3 nitrogen and oxygen atoms in total. The molecule has 5 heteroatoms. The van der Waals surface area contributed by atoms with E-state index >= 15 is 0 Å². The normalized spacial score (nSPS) is 12.2. The molecule has 0 aliphatic carbocycles. The maximum atomic E-state index is 14.3. The minimum Gasteiger partial charge on any atom is -0.489 e. The van der Waals surface area contributed by atoms with Crippen LogP contribution in [0, 0.1) is 0 Å². The maximum absolute atomic E-state index is 14.3. The third-order valence-electron chi connectivity index (χ3n) is 4.40. The van der Waals surface area contributed by atoms with E-state index in [0.29, 0.717) is 36.2 Å². The Bertz CT molecular complexity index is 922. The SMILES string of the molecule is CC(F)(F)C(Oc1cc(C=O)ccc1OCCc1ccccc1)c1ccccc1. The number of carbonyl (C=O) groups is 1. The topological polar surface area (TPSA) is 35.5 Å². The van der Waals surface area contributed by atoms with Crippen LogP contribution in [0.1, 0.15) is 34.5 Å². The summed E-state index contributed by atoms with van der Waals surface area (Å²) in [5.41, 5.74) is 1.76. The number of carbonyl (C=O) groups excluding carboxylic acids is 1. The van der Waals surface area contributed by atoms with E-state index in [9.17, 15) is 13.6 Å². The molecular formula is C24H22F2O3. The second kappa shape index (κ2) is 9.32. The molecule has 3 aromatic carbocycles. The summed E-state index contributed by atoms with van der Waals surface area (Å²) in [5, 5.41) is 0. The summed E-state index contributed by atoms with van der Waals surface area (Å²) >= 11 is 0. The zero-order chi connectivity index (χ0) is 20.7. The molecule has 0 aliphatic rings. The molecule has 0 radical (unpaired) electrons. The van der Waals surface area contributed by atoms with Crippen molar-refractivity contribution in [2.45, 2.75) is 25.4 Å². The lowest BCUT2D eigenvalue weighted by atomic mass is 10.0. The van der Waals surface area contributed by atoms with Crippen LogP contribution >= 0.6 is 0 Å². The number of aldehydes is 1. The average molecular weight is 396 g/mol. The fourth-order valence-electron chi connectivity index (χ4n) is 2.95. The van der Waals surface area contributed by atoms with Crippen LogP contribution in [0.25, 0.3) is 0 Å². The average Bonchev–Trinajstić information content (AvgIpc) is 2.73. The standard InChI is InChI=1S/C24H22F2O3/c1-24(25,26)23(20-10-6-3-7-11-20)29-22-16-19(17-27)12-13-21(22)28-15-14-18-8-4-2-5-9-18/h2-13,16-17,23H,14-15H2,1H3. The first-order valence-electron chi connectivity index (χ1n) is 9.33. The van der Waals surface area contributed by atoms with Crippen LogP contribution in [0.15, 0.2) is 78.9 Å². The van der Waals surface area contributed by atoms with Gasteiger partial charge in [0.2, 0.25) is 0 Å². The number of rotatable bonds is 9. The van der Waals surface area contributed by atoms with Crippen LogP contribution in [-0.4, -0.2) is 18.8 Å². The maximum Gasteiger partial charge on any atom is 0.285 e. The van der Waals surface area contributed by atoms with Crippen LogP contribution in [0.3, 0.4) is 0 Å². The smallest absolute Gasteiger partial charge is 0.285 e. The van der Waals surface area contributed by atoms with Crippen LogP contribution in [0.2, 0.25) is 0 Å². The third kappa shape index (κ3) is 5.64. The zero-order valence-corrected chi connectivity index (χ0v) is 16.1. The first kappa shape index (κ1) is 20.5. The molecule has 0 N–H and O–H groups in total. The zero-order valence-electron chi connectivity index (χ0n) is 16.1. The van der Waals surface area contributed by atoms with Crippen molar-refractivity contribution in [1.29, 1.82) is 0 Å². The minimum atomic E-state index is -3.14. The Morgan fingerprint density at radius 1 is 0.931 bits per heavy atom. The second-order valence-corrected chi connectivity index (χ2v) is 6.77. The van der Waals surface area contributed by atoms with Crippen molar-refractivity contribution in [2.75, 3.05) is 6.61 Å². The highest BCUT2D eigenvalue weighted by Crippen LogP contribution is 2.39. The Morgan fingerprint density at radius 2 is 1.59 bits per heavy atom. The van der Waals surface area contributed by atoms with E-state index in [1.165, 1.54) is 6.07 Å². The van der Waals surface area contributed by atoms with E-state index in [4.69, 9.17) is 9.47 Å². The van der Waals surface area contributed by atoms with Crippen molar-refractivity contribution in [2.24, 2.45) is 0 Å². The number of ether oxygens (including phenoxy) is 2. The van der Waals surface area contributed by atoms with E-state index < -0.39 is 12.0 Å². The van der Waals surface area contributed by atoms with Gasteiger partial charge in [-0.2, -0.15) is 0 Å². The molecule has 150 valence electrons. The Kier molecular flexibility index (Phi) is 6.60. The Hall–Kier alpha value is -3.21. The summed E-state index contributed by atoms with van der Waals surface area (Å²) in [5.74, 6) is -2.71. The molecule has 0 aromatic heterocycles. The first-order valence-corrected chi connectivity index (χ1v) is 9.33. The molecule has 0 saturated heterocycles. The molecule has 0 heterocycles. The quantitative estimate of drug-likeness (QED) is 0.423. The van der Waals surface area contributed by atoms with Crippen molar-refractivity contribution >= 4 is 6.29 Å².